The summed E-state index contributed by atoms with van der Waals surface area (Å²) in [7, 11) is 3.20. The molecule has 0 bridgehead atoms. The van der Waals surface area contributed by atoms with Gasteiger partial charge in [0.15, 0.2) is 5.65 Å². The Morgan fingerprint density at radius 2 is 2.10 bits per heavy atom. The molecule has 2 heterocycles. The predicted octanol–water partition coefficient (Wildman–Crippen LogP) is 3.43. The maximum Gasteiger partial charge on any atom is 0.409 e. The zero-order valence-electron chi connectivity index (χ0n) is 16.8. The molecule has 0 saturated heterocycles. The molecule has 3 aromatic rings. The summed E-state index contributed by atoms with van der Waals surface area (Å²) in [5.74, 6) is 0.748. The number of ether oxygens (including phenoxy) is 2. The number of halogens is 1. The molecule has 154 valence electrons. The van der Waals surface area contributed by atoms with Crippen molar-refractivity contribution in [2.24, 2.45) is 0 Å². The van der Waals surface area contributed by atoms with Crippen LogP contribution in [0.5, 0.6) is 5.75 Å². The third-order valence-electron chi connectivity index (χ3n) is 4.20. The van der Waals surface area contributed by atoms with Crippen molar-refractivity contribution in [3.63, 3.8) is 0 Å². The molecule has 1 amide bonds. The van der Waals surface area contributed by atoms with Gasteiger partial charge in [-0.3, -0.25) is 0 Å². The summed E-state index contributed by atoms with van der Waals surface area (Å²) >= 11 is 0. The van der Waals surface area contributed by atoms with Crippen molar-refractivity contribution in [3.05, 3.63) is 42.3 Å². The molecule has 0 radical (unpaired) electrons. The van der Waals surface area contributed by atoms with E-state index in [1.54, 1.807) is 49.8 Å². The third-order valence-corrected chi connectivity index (χ3v) is 4.20. The van der Waals surface area contributed by atoms with Crippen LogP contribution in [-0.4, -0.2) is 58.9 Å². The topological polar surface area (TPSA) is 81.0 Å². The number of amides is 1. The van der Waals surface area contributed by atoms with E-state index >= 15 is 0 Å². The molecule has 2 aromatic heterocycles. The quantitative estimate of drug-likeness (QED) is 0.653. The minimum Gasteiger partial charge on any atom is -0.496 e. The number of likely N-dealkylation sites (N-methyl/N-ethyl adjacent to an activating group) is 1. The van der Waals surface area contributed by atoms with Crippen molar-refractivity contribution in [2.45, 2.75) is 20.0 Å². The van der Waals surface area contributed by atoms with Gasteiger partial charge in [-0.1, -0.05) is 0 Å². The molecule has 8 nitrogen and oxygen atoms in total. The van der Waals surface area contributed by atoms with Crippen LogP contribution in [0, 0.1) is 5.82 Å². The van der Waals surface area contributed by atoms with Crippen LogP contribution >= 0.6 is 0 Å². The largest absolute Gasteiger partial charge is 0.496 e. The average Bonchev–Trinajstić information content (AvgIpc) is 3.10. The van der Waals surface area contributed by atoms with Crippen molar-refractivity contribution in [1.29, 1.82) is 0 Å². The number of hydrogen-bond donors (Lipinski definition) is 1. The van der Waals surface area contributed by atoms with Gasteiger partial charge in [0.1, 0.15) is 17.4 Å². The number of benzene rings is 1. The number of hydrogen-bond acceptors (Lipinski definition) is 6. The van der Waals surface area contributed by atoms with Gasteiger partial charge in [0, 0.05) is 25.7 Å². The standard InChI is InChI=1S/C20H24FN5O3/c1-13(2)29-20(27)25(3)10-9-22-18-7-8-19-23-12-16(26(19)24-18)15-11-14(21)5-6-17(15)28-4/h5-8,11-13H,9-10H2,1-4H3,(H,22,24). The maximum atomic E-state index is 13.8. The van der Waals surface area contributed by atoms with Gasteiger partial charge < -0.3 is 19.7 Å². The molecule has 3 rings (SSSR count). The molecular formula is C20H24FN5O3. The van der Waals surface area contributed by atoms with Crippen LogP contribution in [0.15, 0.2) is 36.5 Å². The highest BCUT2D eigenvalue weighted by Crippen LogP contribution is 2.30. The van der Waals surface area contributed by atoms with Crippen LogP contribution in [0.2, 0.25) is 0 Å². The second-order valence-corrected chi connectivity index (χ2v) is 6.76. The number of imidazole rings is 1. The Morgan fingerprint density at radius 1 is 1.31 bits per heavy atom. The number of rotatable bonds is 7. The fourth-order valence-electron chi connectivity index (χ4n) is 2.77. The van der Waals surface area contributed by atoms with E-state index in [2.05, 4.69) is 15.4 Å². The fraction of sp³-hybridized carbons (Fsp3) is 0.350. The summed E-state index contributed by atoms with van der Waals surface area (Å²) in [6, 6.07) is 7.90. The van der Waals surface area contributed by atoms with E-state index in [0.717, 1.165) is 0 Å². The zero-order chi connectivity index (χ0) is 21.0. The molecule has 1 aromatic carbocycles. The summed E-state index contributed by atoms with van der Waals surface area (Å²) in [6.07, 6.45) is 1.08. The highest BCUT2D eigenvalue weighted by atomic mass is 19.1. The molecule has 0 unspecified atom stereocenters. The monoisotopic (exact) mass is 401 g/mol. The van der Waals surface area contributed by atoms with Crippen LogP contribution in [0.3, 0.4) is 0 Å². The van der Waals surface area contributed by atoms with Crippen LogP contribution in [0.25, 0.3) is 16.9 Å². The minimum absolute atomic E-state index is 0.165. The SMILES string of the molecule is COc1ccc(F)cc1-c1cnc2ccc(NCCN(C)C(=O)OC(C)C)nn12. The summed E-state index contributed by atoms with van der Waals surface area (Å²) in [5.41, 5.74) is 1.79. The number of anilines is 1. The Hall–Kier alpha value is -3.36. The van der Waals surface area contributed by atoms with Crippen LogP contribution in [0.1, 0.15) is 13.8 Å². The predicted molar refractivity (Wildman–Crippen MR) is 108 cm³/mol. The lowest BCUT2D eigenvalue weighted by molar-refractivity contribution is 0.0851. The van der Waals surface area contributed by atoms with Crippen LogP contribution in [-0.2, 0) is 4.74 Å². The van der Waals surface area contributed by atoms with Crippen molar-refractivity contribution in [1.82, 2.24) is 19.5 Å². The maximum absolute atomic E-state index is 13.8. The van der Waals surface area contributed by atoms with E-state index in [0.29, 0.717) is 41.6 Å². The van der Waals surface area contributed by atoms with Gasteiger partial charge >= 0.3 is 6.09 Å². The van der Waals surface area contributed by atoms with E-state index in [1.807, 2.05) is 0 Å². The molecule has 0 aliphatic rings. The molecule has 29 heavy (non-hydrogen) atoms. The molecular weight excluding hydrogens is 377 g/mol. The van der Waals surface area contributed by atoms with E-state index in [1.165, 1.54) is 24.1 Å². The molecule has 0 saturated carbocycles. The minimum atomic E-state index is -0.375. The fourth-order valence-corrected chi connectivity index (χ4v) is 2.77. The average molecular weight is 401 g/mol. The summed E-state index contributed by atoms with van der Waals surface area (Å²) in [5, 5.41) is 7.71. The molecule has 1 N–H and O–H groups in total. The number of carbonyl (C=O) groups is 1. The first-order chi connectivity index (χ1) is 13.9. The third kappa shape index (κ3) is 4.74. The van der Waals surface area contributed by atoms with E-state index in [9.17, 15) is 9.18 Å². The van der Waals surface area contributed by atoms with Crippen LogP contribution in [0.4, 0.5) is 15.0 Å². The number of fused-ring (bicyclic) bond motifs is 1. The van der Waals surface area contributed by atoms with Gasteiger partial charge in [0.05, 0.1) is 25.1 Å². The molecule has 0 aliphatic carbocycles. The number of methoxy groups -OCH3 is 1. The Bertz CT molecular complexity index is 1000. The van der Waals surface area contributed by atoms with Crippen molar-refractivity contribution < 1.29 is 18.7 Å². The zero-order valence-corrected chi connectivity index (χ0v) is 16.8. The van der Waals surface area contributed by atoms with E-state index in [-0.39, 0.29) is 18.0 Å². The number of nitrogens with zero attached hydrogens (tertiary/aromatic N) is 4. The molecule has 9 heteroatoms. The first-order valence-corrected chi connectivity index (χ1v) is 9.23. The smallest absolute Gasteiger partial charge is 0.409 e. The van der Waals surface area contributed by atoms with E-state index < -0.39 is 0 Å². The summed E-state index contributed by atoms with van der Waals surface area (Å²) in [6.45, 7) is 4.54. The molecule has 0 spiro atoms. The Balaban J connectivity index is 1.76. The molecule has 0 atom stereocenters. The molecule has 0 aliphatic heterocycles. The lowest BCUT2D eigenvalue weighted by atomic mass is 10.1. The number of carbonyl (C=O) groups excluding carboxylic acids is 1. The van der Waals surface area contributed by atoms with Crippen molar-refractivity contribution >= 4 is 17.6 Å². The van der Waals surface area contributed by atoms with E-state index in [4.69, 9.17) is 9.47 Å². The number of aromatic nitrogens is 3. The Morgan fingerprint density at radius 3 is 2.83 bits per heavy atom. The lowest BCUT2D eigenvalue weighted by Crippen LogP contribution is -2.33. The lowest BCUT2D eigenvalue weighted by Gasteiger charge is -2.19. The second kappa shape index (κ2) is 8.76. The van der Waals surface area contributed by atoms with Gasteiger partial charge in [-0.05, 0) is 44.2 Å². The summed E-state index contributed by atoms with van der Waals surface area (Å²) < 4.78 is 25.9. The summed E-state index contributed by atoms with van der Waals surface area (Å²) in [4.78, 5) is 17.6. The van der Waals surface area contributed by atoms with Gasteiger partial charge in [-0.15, -0.1) is 5.10 Å². The van der Waals surface area contributed by atoms with Crippen molar-refractivity contribution in [2.75, 3.05) is 32.6 Å². The van der Waals surface area contributed by atoms with Gasteiger partial charge in [0.2, 0.25) is 0 Å². The Kier molecular flexibility index (Phi) is 6.16. The van der Waals surface area contributed by atoms with Gasteiger partial charge in [-0.2, -0.15) is 0 Å². The Labute approximate surface area is 168 Å². The first-order valence-electron chi connectivity index (χ1n) is 9.23. The second-order valence-electron chi connectivity index (χ2n) is 6.76. The van der Waals surface area contributed by atoms with Gasteiger partial charge in [-0.25, -0.2) is 18.7 Å². The van der Waals surface area contributed by atoms with Crippen molar-refractivity contribution in [3.8, 4) is 17.0 Å². The normalized spacial score (nSPS) is 11.0. The first kappa shape index (κ1) is 20.4. The highest BCUT2D eigenvalue weighted by molar-refractivity contribution is 5.70. The number of nitrogens with one attached hydrogen (secondary N) is 1. The van der Waals surface area contributed by atoms with Gasteiger partial charge in [0.25, 0.3) is 0 Å². The van der Waals surface area contributed by atoms with Crippen LogP contribution < -0.4 is 10.1 Å². The highest BCUT2D eigenvalue weighted by Gasteiger charge is 2.14. The molecule has 0 fully saturated rings.